The minimum atomic E-state index is -4.67. The number of phosphoric acid groups is 1. The van der Waals surface area contributed by atoms with Gasteiger partial charge in [0.15, 0.2) is 6.10 Å². The van der Waals surface area contributed by atoms with Gasteiger partial charge < -0.3 is 27.9 Å². The number of unbranched alkanes of at least 4 members (excludes halogenated alkanes) is 21. The van der Waals surface area contributed by atoms with Crippen molar-refractivity contribution in [2.45, 2.75) is 277 Å². The number of rotatable bonds is 65. The second kappa shape index (κ2) is 70.4. The highest BCUT2D eigenvalue weighted by molar-refractivity contribution is 7.45. The molecule has 0 aliphatic carbocycles. The van der Waals surface area contributed by atoms with Crippen molar-refractivity contribution < 1.29 is 42.1 Å². The molecule has 0 spiro atoms. The van der Waals surface area contributed by atoms with E-state index in [1.165, 1.54) is 109 Å². The van der Waals surface area contributed by atoms with E-state index >= 15 is 0 Å². The van der Waals surface area contributed by atoms with Crippen LogP contribution in [0.4, 0.5) is 0 Å². The Morgan fingerprint density at radius 3 is 0.946 bits per heavy atom. The normalized spacial score (nSPS) is 14.2. The monoisotopic (exact) mass is 1290 g/mol. The van der Waals surface area contributed by atoms with Crippen molar-refractivity contribution in [3.8, 4) is 0 Å². The van der Waals surface area contributed by atoms with Crippen molar-refractivity contribution in [3.63, 3.8) is 0 Å². The molecule has 2 atom stereocenters. The fraction of sp³-hybridized carbons (Fsp3) is 0.610. The molecular weight excluding hydrogens is 1160 g/mol. The van der Waals surface area contributed by atoms with E-state index in [1.807, 2.05) is 21.1 Å². The molecule has 0 aliphatic heterocycles. The fourth-order valence-electron chi connectivity index (χ4n) is 9.35. The van der Waals surface area contributed by atoms with Crippen LogP contribution in [0.3, 0.4) is 0 Å². The maximum absolute atomic E-state index is 12.9. The molecule has 0 radical (unpaired) electrons. The predicted molar refractivity (Wildman–Crippen MR) is 396 cm³/mol. The first-order valence-corrected chi connectivity index (χ1v) is 38.0. The zero-order valence-corrected chi connectivity index (χ0v) is 60.1. The lowest BCUT2D eigenvalue weighted by molar-refractivity contribution is -0.870. The maximum Gasteiger partial charge on any atom is 0.306 e. The van der Waals surface area contributed by atoms with Gasteiger partial charge in [-0.3, -0.25) is 14.2 Å². The summed E-state index contributed by atoms with van der Waals surface area (Å²) in [5.41, 5.74) is 0. The Kier molecular flexibility index (Phi) is 66.7. The zero-order valence-electron chi connectivity index (χ0n) is 59.2. The molecule has 0 saturated heterocycles. The lowest BCUT2D eigenvalue weighted by Crippen LogP contribution is -2.37. The zero-order chi connectivity index (χ0) is 66.9. The summed E-state index contributed by atoms with van der Waals surface area (Å²) < 4.78 is 34.3. The standard InChI is InChI=1S/C82H134NO8P/c1-6-8-10-12-14-16-18-20-22-24-26-28-30-32-34-36-37-38-39-40-41-42-43-44-45-47-49-51-53-55-57-59-61-63-65-67-69-71-73-75-82(85)91-80(79-90-92(86,87)89-77-76-83(3,4)5)78-88-81(84)74-72-70-68-66-64-62-60-58-56-54-52-50-48-46-35-33-31-29-27-25-23-21-19-17-15-13-11-9-7-2/h8,10,14,16,19-22,25-28,31-34,37-38,40-41,43-44,47,49,53,55,59,61,65,67,80H,6-7,9,11-13,15,17-18,23-24,29-30,35-36,39,42,45-46,48,50-52,54,56-58,60,62-64,66,68-79H2,1-5H3/b10-8-,16-14-,21-19-,22-20-,27-25-,28-26-,33-31-,34-32-,38-37-,41-40-,44-43-,49-47-,55-53-,61-59-,67-65-. The third kappa shape index (κ3) is 74.2. The average Bonchev–Trinajstić information content (AvgIpc) is 2.14. The van der Waals surface area contributed by atoms with Crippen LogP contribution in [-0.2, 0) is 32.7 Å². The summed E-state index contributed by atoms with van der Waals surface area (Å²) in [5.74, 6) is -0.894. The van der Waals surface area contributed by atoms with Crippen LogP contribution in [-0.4, -0.2) is 70.0 Å². The molecule has 0 saturated carbocycles. The molecule has 0 aromatic heterocycles. The number of carbonyl (C=O) groups is 2. The molecule has 0 aromatic rings. The predicted octanol–water partition coefficient (Wildman–Crippen LogP) is 23.6. The Morgan fingerprint density at radius 2 is 0.620 bits per heavy atom. The van der Waals surface area contributed by atoms with Gasteiger partial charge in [0.2, 0.25) is 0 Å². The molecule has 0 aromatic carbocycles. The molecule has 2 unspecified atom stereocenters. The highest BCUT2D eigenvalue weighted by Gasteiger charge is 2.22. The molecule has 0 aliphatic rings. The Labute approximate surface area is 565 Å². The second-order valence-corrected chi connectivity index (χ2v) is 26.3. The highest BCUT2D eigenvalue weighted by Crippen LogP contribution is 2.38. The largest absolute Gasteiger partial charge is 0.756 e. The summed E-state index contributed by atoms with van der Waals surface area (Å²) in [6.45, 7) is 4.05. The minimum absolute atomic E-state index is 0.0489. The van der Waals surface area contributed by atoms with Crippen LogP contribution < -0.4 is 4.89 Å². The van der Waals surface area contributed by atoms with Crippen molar-refractivity contribution in [1.82, 2.24) is 0 Å². The molecule has 0 amide bonds. The van der Waals surface area contributed by atoms with E-state index in [0.29, 0.717) is 23.9 Å². The van der Waals surface area contributed by atoms with Crippen molar-refractivity contribution in [2.75, 3.05) is 47.5 Å². The van der Waals surface area contributed by atoms with Crippen LogP contribution >= 0.6 is 7.82 Å². The number of esters is 2. The summed E-state index contributed by atoms with van der Waals surface area (Å²) in [6, 6.07) is 0. The maximum atomic E-state index is 12.9. The Bertz CT molecular complexity index is 2210. The van der Waals surface area contributed by atoms with Crippen LogP contribution in [0.5, 0.6) is 0 Å². The van der Waals surface area contributed by atoms with Crippen molar-refractivity contribution in [3.05, 3.63) is 182 Å². The molecule has 92 heavy (non-hydrogen) atoms. The molecule has 10 heteroatoms. The average molecular weight is 1290 g/mol. The lowest BCUT2D eigenvalue weighted by Gasteiger charge is -2.28. The topological polar surface area (TPSA) is 111 Å². The van der Waals surface area contributed by atoms with Gasteiger partial charge >= 0.3 is 11.9 Å². The number of phosphoric ester groups is 1. The molecule has 520 valence electrons. The molecule has 0 rings (SSSR count). The van der Waals surface area contributed by atoms with Gasteiger partial charge in [0.05, 0.1) is 27.7 Å². The molecule has 9 nitrogen and oxygen atoms in total. The van der Waals surface area contributed by atoms with Crippen molar-refractivity contribution >= 4 is 19.8 Å². The summed E-state index contributed by atoms with van der Waals surface area (Å²) in [5, 5.41) is 0. The summed E-state index contributed by atoms with van der Waals surface area (Å²) in [6.07, 6.45) is 108. The van der Waals surface area contributed by atoms with Gasteiger partial charge in [0.1, 0.15) is 19.8 Å². The Morgan fingerprint density at radius 1 is 0.348 bits per heavy atom. The number of carbonyl (C=O) groups excluding carboxylic acids is 2. The number of quaternary nitrogens is 1. The smallest absolute Gasteiger partial charge is 0.306 e. The van der Waals surface area contributed by atoms with Gasteiger partial charge in [-0.2, -0.15) is 0 Å². The van der Waals surface area contributed by atoms with Crippen LogP contribution in [0, 0.1) is 0 Å². The fourth-order valence-corrected chi connectivity index (χ4v) is 10.1. The van der Waals surface area contributed by atoms with E-state index in [4.69, 9.17) is 18.5 Å². The number of hydrogen-bond donors (Lipinski definition) is 0. The number of likely N-dealkylation sites (N-methyl/N-ethyl adjacent to an activating group) is 1. The molecular formula is C82H134NO8P. The minimum Gasteiger partial charge on any atom is -0.756 e. The molecule has 0 heterocycles. The van der Waals surface area contributed by atoms with E-state index in [0.717, 1.165) is 122 Å². The third-order valence-corrected chi connectivity index (χ3v) is 15.9. The van der Waals surface area contributed by atoms with Crippen LogP contribution in [0.15, 0.2) is 182 Å². The first-order chi connectivity index (χ1) is 45.0. The van der Waals surface area contributed by atoms with E-state index in [9.17, 15) is 19.0 Å². The van der Waals surface area contributed by atoms with E-state index in [-0.39, 0.29) is 26.1 Å². The Balaban J connectivity index is 4.20. The number of allylic oxidation sites excluding steroid dienone is 30. The SMILES string of the molecule is CC/C=C\C/C=C\C/C=C\C/C=C\C/C=C\C/C=C\C/C=C\C/C=C\C/C=C\C/C=C\C/C=C\C/C=C\CCCCC(=O)OC(COC(=O)CCCCCCCCCCCCCCCC/C=C\C/C=C\C/C=C\CCCCCCC)COP(=O)([O-])OCC[N+](C)(C)C. The summed E-state index contributed by atoms with van der Waals surface area (Å²) in [7, 11) is 1.12. The molecule has 0 bridgehead atoms. The number of ether oxygens (including phenoxy) is 2. The Hall–Kier alpha value is -4.89. The second-order valence-electron chi connectivity index (χ2n) is 24.9. The van der Waals surface area contributed by atoms with E-state index < -0.39 is 32.5 Å². The molecule has 0 fully saturated rings. The van der Waals surface area contributed by atoms with Crippen LogP contribution in [0.25, 0.3) is 0 Å². The van der Waals surface area contributed by atoms with Gasteiger partial charge in [-0.1, -0.05) is 299 Å². The van der Waals surface area contributed by atoms with E-state index in [1.54, 1.807) is 0 Å². The van der Waals surface area contributed by atoms with Gasteiger partial charge in [0, 0.05) is 12.8 Å². The molecule has 0 N–H and O–H groups in total. The number of nitrogens with zero attached hydrogens (tertiary/aromatic N) is 1. The quantitative estimate of drug-likeness (QED) is 0.0195. The first kappa shape index (κ1) is 87.1. The van der Waals surface area contributed by atoms with Gasteiger partial charge in [-0.05, 0) is 141 Å². The van der Waals surface area contributed by atoms with Crippen molar-refractivity contribution in [2.24, 2.45) is 0 Å². The number of hydrogen-bond acceptors (Lipinski definition) is 8. The van der Waals surface area contributed by atoms with Crippen LogP contribution in [0.1, 0.15) is 271 Å². The van der Waals surface area contributed by atoms with Gasteiger partial charge in [-0.25, -0.2) is 0 Å². The van der Waals surface area contributed by atoms with Crippen molar-refractivity contribution in [1.29, 1.82) is 0 Å². The first-order valence-electron chi connectivity index (χ1n) is 36.5. The summed E-state index contributed by atoms with van der Waals surface area (Å²) >= 11 is 0. The lowest BCUT2D eigenvalue weighted by atomic mass is 10.0. The highest BCUT2D eigenvalue weighted by atomic mass is 31.2. The summed E-state index contributed by atoms with van der Waals surface area (Å²) in [4.78, 5) is 38.1. The van der Waals surface area contributed by atoms with E-state index in [2.05, 4.69) is 196 Å². The van der Waals surface area contributed by atoms with Gasteiger partial charge in [-0.15, -0.1) is 0 Å². The third-order valence-electron chi connectivity index (χ3n) is 14.9. The van der Waals surface area contributed by atoms with Gasteiger partial charge in [0.25, 0.3) is 7.82 Å². The van der Waals surface area contributed by atoms with Crippen LogP contribution in [0.2, 0.25) is 0 Å².